The van der Waals surface area contributed by atoms with E-state index in [0.29, 0.717) is 12.1 Å². The van der Waals surface area contributed by atoms with Crippen molar-refractivity contribution in [3.05, 3.63) is 46.3 Å². The SMILES string of the molecule is Cc1cc(C)c(CC(O)c2cnsn2)c(C)c1. The monoisotopic (exact) mass is 248 g/mol. The summed E-state index contributed by atoms with van der Waals surface area (Å²) < 4.78 is 7.98. The Kier molecular flexibility index (Phi) is 3.54. The predicted octanol–water partition coefficient (Wildman–Crippen LogP) is 2.74. The maximum absolute atomic E-state index is 10.1. The second-order valence-electron chi connectivity index (χ2n) is 4.43. The molecule has 17 heavy (non-hydrogen) atoms. The van der Waals surface area contributed by atoms with Gasteiger partial charge in [0, 0.05) is 6.42 Å². The molecule has 1 aromatic heterocycles. The number of aromatic nitrogens is 2. The van der Waals surface area contributed by atoms with Crippen LogP contribution < -0.4 is 0 Å². The molecule has 1 atom stereocenters. The number of hydrogen-bond donors (Lipinski definition) is 1. The number of hydrogen-bond acceptors (Lipinski definition) is 4. The average molecular weight is 248 g/mol. The predicted molar refractivity (Wildman–Crippen MR) is 69.2 cm³/mol. The molecule has 0 saturated carbocycles. The van der Waals surface area contributed by atoms with Gasteiger partial charge in [0.05, 0.1) is 17.9 Å². The van der Waals surface area contributed by atoms with Crippen molar-refractivity contribution in [2.45, 2.75) is 33.3 Å². The summed E-state index contributed by atoms with van der Waals surface area (Å²) in [6, 6.07) is 4.29. The summed E-state index contributed by atoms with van der Waals surface area (Å²) in [5, 5.41) is 10.1. The van der Waals surface area contributed by atoms with Gasteiger partial charge in [-0.2, -0.15) is 8.75 Å². The van der Waals surface area contributed by atoms with Crippen molar-refractivity contribution in [3.8, 4) is 0 Å². The minimum absolute atomic E-state index is 0.561. The van der Waals surface area contributed by atoms with E-state index in [9.17, 15) is 5.11 Å². The van der Waals surface area contributed by atoms with E-state index in [1.807, 2.05) is 0 Å². The lowest BCUT2D eigenvalue weighted by Crippen LogP contribution is -2.05. The third kappa shape index (κ3) is 2.70. The maximum Gasteiger partial charge on any atom is 0.103 e. The molecule has 0 radical (unpaired) electrons. The number of benzene rings is 1. The van der Waals surface area contributed by atoms with Gasteiger partial charge in [-0.3, -0.25) is 0 Å². The van der Waals surface area contributed by atoms with Crippen molar-refractivity contribution >= 4 is 11.7 Å². The van der Waals surface area contributed by atoms with Crippen molar-refractivity contribution in [1.29, 1.82) is 0 Å². The van der Waals surface area contributed by atoms with Gasteiger partial charge in [0.1, 0.15) is 11.8 Å². The first-order valence-electron chi connectivity index (χ1n) is 5.60. The standard InChI is InChI=1S/C13H16N2OS/c1-8-4-9(2)11(10(3)5-8)6-13(16)12-7-14-17-15-12/h4-5,7,13,16H,6H2,1-3H3. The molecule has 0 saturated heterocycles. The van der Waals surface area contributed by atoms with Gasteiger partial charge >= 0.3 is 0 Å². The van der Waals surface area contributed by atoms with Crippen LogP contribution in [-0.2, 0) is 6.42 Å². The van der Waals surface area contributed by atoms with Gasteiger partial charge in [-0.1, -0.05) is 17.7 Å². The first-order valence-corrected chi connectivity index (χ1v) is 6.33. The fourth-order valence-electron chi connectivity index (χ4n) is 2.15. The van der Waals surface area contributed by atoms with Crippen molar-refractivity contribution in [3.63, 3.8) is 0 Å². The van der Waals surface area contributed by atoms with E-state index >= 15 is 0 Å². The van der Waals surface area contributed by atoms with Crippen molar-refractivity contribution in [1.82, 2.24) is 8.75 Å². The normalized spacial score (nSPS) is 12.7. The van der Waals surface area contributed by atoms with E-state index in [1.165, 1.54) is 22.3 Å². The number of aryl methyl sites for hydroxylation is 3. The molecular weight excluding hydrogens is 232 g/mol. The van der Waals surface area contributed by atoms with Crippen LogP contribution in [0.25, 0.3) is 0 Å². The van der Waals surface area contributed by atoms with E-state index < -0.39 is 6.10 Å². The second kappa shape index (κ2) is 4.94. The smallest absolute Gasteiger partial charge is 0.103 e. The van der Waals surface area contributed by atoms with Crippen LogP contribution >= 0.6 is 11.7 Å². The van der Waals surface area contributed by atoms with Crippen LogP contribution in [0, 0.1) is 20.8 Å². The van der Waals surface area contributed by atoms with Gasteiger partial charge in [0.2, 0.25) is 0 Å². The molecule has 2 aromatic rings. The van der Waals surface area contributed by atoms with Gasteiger partial charge in [-0.25, -0.2) is 0 Å². The molecule has 1 aromatic carbocycles. The van der Waals surface area contributed by atoms with Gasteiger partial charge < -0.3 is 5.11 Å². The minimum atomic E-state index is -0.561. The molecule has 0 fully saturated rings. The lowest BCUT2D eigenvalue weighted by molar-refractivity contribution is 0.174. The lowest BCUT2D eigenvalue weighted by Gasteiger charge is -2.14. The largest absolute Gasteiger partial charge is 0.386 e. The molecule has 4 heteroatoms. The highest BCUT2D eigenvalue weighted by Gasteiger charge is 2.14. The van der Waals surface area contributed by atoms with Crippen LogP contribution in [0.4, 0.5) is 0 Å². The topological polar surface area (TPSA) is 46.0 Å². The van der Waals surface area contributed by atoms with Crippen molar-refractivity contribution < 1.29 is 5.11 Å². The highest BCUT2D eigenvalue weighted by Crippen LogP contribution is 2.23. The number of nitrogens with zero attached hydrogens (tertiary/aromatic N) is 2. The number of aliphatic hydroxyl groups excluding tert-OH is 1. The third-order valence-corrected chi connectivity index (χ3v) is 3.45. The zero-order valence-corrected chi connectivity index (χ0v) is 11.1. The van der Waals surface area contributed by atoms with Crippen molar-refractivity contribution in [2.24, 2.45) is 0 Å². The first-order chi connectivity index (χ1) is 8.08. The summed E-state index contributed by atoms with van der Waals surface area (Å²) >= 11 is 1.13. The van der Waals surface area contributed by atoms with Gasteiger partial charge in [0.15, 0.2) is 0 Å². The summed E-state index contributed by atoms with van der Waals surface area (Å²) in [4.78, 5) is 0. The summed E-state index contributed by atoms with van der Waals surface area (Å²) in [5.74, 6) is 0. The van der Waals surface area contributed by atoms with Crippen LogP contribution in [0.15, 0.2) is 18.3 Å². The molecule has 1 heterocycles. The Morgan fingerprint density at radius 1 is 1.24 bits per heavy atom. The maximum atomic E-state index is 10.1. The van der Waals surface area contributed by atoms with Gasteiger partial charge in [-0.15, -0.1) is 0 Å². The Balaban J connectivity index is 2.25. The summed E-state index contributed by atoms with van der Waals surface area (Å²) in [5.41, 5.74) is 5.58. The first kappa shape index (κ1) is 12.2. The van der Waals surface area contributed by atoms with Gasteiger partial charge in [-0.05, 0) is 37.5 Å². The average Bonchev–Trinajstić information content (AvgIpc) is 2.76. The van der Waals surface area contributed by atoms with Crippen LogP contribution in [-0.4, -0.2) is 13.9 Å². The van der Waals surface area contributed by atoms with E-state index in [2.05, 4.69) is 41.7 Å². The van der Waals surface area contributed by atoms with Gasteiger partial charge in [0.25, 0.3) is 0 Å². The Bertz CT molecular complexity index is 485. The fourth-order valence-corrected chi connectivity index (χ4v) is 2.61. The summed E-state index contributed by atoms with van der Waals surface area (Å²) in [7, 11) is 0. The fraction of sp³-hybridized carbons (Fsp3) is 0.385. The van der Waals surface area contributed by atoms with E-state index in [4.69, 9.17) is 0 Å². The Morgan fingerprint density at radius 2 is 1.88 bits per heavy atom. The zero-order chi connectivity index (χ0) is 12.4. The number of rotatable bonds is 3. The summed E-state index contributed by atoms with van der Waals surface area (Å²) in [6.45, 7) is 6.26. The highest BCUT2D eigenvalue weighted by molar-refractivity contribution is 6.99. The quantitative estimate of drug-likeness (QED) is 0.908. The molecule has 0 spiro atoms. The Hall–Kier alpha value is -1.26. The molecule has 0 bridgehead atoms. The summed E-state index contributed by atoms with van der Waals surface area (Å²) in [6.07, 6.45) is 1.67. The van der Waals surface area contributed by atoms with Crippen LogP contribution in [0.2, 0.25) is 0 Å². The molecule has 0 aliphatic carbocycles. The van der Waals surface area contributed by atoms with E-state index in [1.54, 1.807) is 6.20 Å². The Morgan fingerprint density at radius 3 is 2.41 bits per heavy atom. The third-order valence-electron chi connectivity index (χ3n) is 2.96. The van der Waals surface area contributed by atoms with Crippen molar-refractivity contribution in [2.75, 3.05) is 0 Å². The minimum Gasteiger partial charge on any atom is -0.386 e. The molecule has 0 amide bonds. The lowest BCUT2D eigenvalue weighted by atomic mass is 9.94. The van der Waals surface area contributed by atoms with Crippen LogP contribution in [0.1, 0.15) is 34.1 Å². The van der Waals surface area contributed by atoms with E-state index in [0.717, 1.165) is 11.7 Å². The Labute approximate surface area is 105 Å². The molecule has 0 aliphatic rings. The molecule has 1 unspecified atom stereocenters. The molecule has 2 rings (SSSR count). The van der Waals surface area contributed by atoms with E-state index in [-0.39, 0.29) is 0 Å². The van der Waals surface area contributed by atoms with Crippen LogP contribution in [0.3, 0.4) is 0 Å². The molecular formula is C13H16N2OS. The zero-order valence-electron chi connectivity index (χ0n) is 10.3. The molecule has 1 N–H and O–H groups in total. The molecule has 0 aliphatic heterocycles. The molecule has 3 nitrogen and oxygen atoms in total. The number of aliphatic hydroxyl groups is 1. The highest BCUT2D eigenvalue weighted by atomic mass is 32.1. The molecule has 90 valence electrons. The second-order valence-corrected chi connectivity index (χ2v) is 4.99. The van der Waals surface area contributed by atoms with Crippen LogP contribution in [0.5, 0.6) is 0 Å².